The summed E-state index contributed by atoms with van der Waals surface area (Å²) in [6, 6.07) is 11.7. The van der Waals surface area contributed by atoms with Gasteiger partial charge in [0.15, 0.2) is 0 Å². The van der Waals surface area contributed by atoms with E-state index in [0.717, 1.165) is 11.1 Å². The van der Waals surface area contributed by atoms with E-state index in [-0.39, 0.29) is 17.9 Å². The molecule has 0 unspecified atom stereocenters. The second-order valence-electron chi connectivity index (χ2n) is 6.44. The Morgan fingerprint density at radius 1 is 1.25 bits per heavy atom. The molecule has 2 amide bonds. The van der Waals surface area contributed by atoms with Crippen molar-refractivity contribution in [3.63, 3.8) is 0 Å². The first-order valence-corrected chi connectivity index (χ1v) is 9.14. The lowest BCUT2D eigenvalue weighted by Crippen LogP contribution is -2.34. The van der Waals surface area contributed by atoms with Crippen LogP contribution in [-0.4, -0.2) is 23.3 Å². The SMILES string of the molecule is CC(C)[C@H](NC(=O)CCN1Cc2ccccc2C1=O)c1cccs1. The van der Waals surface area contributed by atoms with Gasteiger partial charge >= 0.3 is 0 Å². The molecule has 2 heterocycles. The summed E-state index contributed by atoms with van der Waals surface area (Å²) in [5.41, 5.74) is 1.80. The van der Waals surface area contributed by atoms with Crippen LogP contribution in [0.5, 0.6) is 0 Å². The first-order chi connectivity index (χ1) is 11.6. The molecule has 1 aromatic carbocycles. The molecule has 4 nitrogen and oxygen atoms in total. The van der Waals surface area contributed by atoms with Gasteiger partial charge in [-0.3, -0.25) is 9.59 Å². The van der Waals surface area contributed by atoms with Crippen molar-refractivity contribution in [3.05, 3.63) is 57.8 Å². The van der Waals surface area contributed by atoms with Crippen molar-refractivity contribution >= 4 is 23.2 Å². The van der Waals surface area contributed by atoms with Gasteiger partial charge in [0.2, 0.25) is 5.91 Å². The van der Waals surface area contributed by atoms with Gasteiger partial charge in [0.25, 0.3) is 5.91 Å². The van der Waals surface area contributed by atoms with E-state index in [4.69, 9.17) is 0 Å². The molecule has 1 atom stereocenters. The summed E-state index contributed by atoms with van der Waals surface area (Å²) in [6.45, 7) is 5.26. The van der Waals surface area contributed by atoms with E-state index in [9.17, 15) is 9.59 Å². The summed E-state index contributed by atoms with van der Waals surface area (Å²) in [5.74, 6) is 0.341. The van der Waals surface area contributed by atoms with Crippen LogP contribution in [0.25, 0.3) is 0 Å². The maximum absolute atomic E-state index is 12.3. The van der Waals surface area contributed by atoms with Crippen molar-refractivity contribution in [1.29, 1.82) is 0 Å². The van der Waals surface area contributed by atoms with Gasteiger partial charge in [-0.15, -0.1) is 11.3 Å². The second kappa shape index (κ2) is 7.18. The lowest BCUT2D eigenvalue weighted by atomic mass is 10.0. The first kappa shape index (κ1) is 16.7. The minimum atomic E-state index is -0.00847. The topological polar surface area (TPSA) is 49.4 Å². The third-order valence-electron chi connectivity index (χ3n) is 4.34. The Kier molecular flexibility index (Phi) is 5.00. The average molecular weight is 342 g/mol. The molecule has 126 valence electrons. The van der Waals surface area contributed by atoms with Gasteiger partial charge in [-0.25, -0.2) is 0 Å². The summed E-state index contributed by atoms with van der Waals surface area (Å²) >= 11 is 1.66. The highest BCUT2D eigenvalue weighted by atomic mass is 32.1. The molecule has 1 aliphatic rings. The molecule has 1 N–H and O–H groups in total. The molecule has 3 rings (SSSR count). The van der Waals surface area contributed by atoms with Gasteiger partial charge in [0.1, 0.15) is 0 Å². The average Bonchev–Trinajstić information content (AvgIpc) is 3.19. The van der Waals surface area contributed by atoms with Gasteiger partial charge in [0, 0.05) is 30.0 Å². The Morgan fingerprint density at radius 2 is 2.04 bits per heavy atom. The van der Waals surface area contributed by atoms with Crippen LogP contribution in [0, 0.1) is 5.92 Å². The summed E-state index contributed by atoms with van der Waals surface area (Å²) in [5, 5.41) is 5.14. The number of hydrogen-bond donors (Lipinski definition) is 1. The number of nitrogens with zero attached hydrogens (tertiary/aromatic N) is 1. The Morgan fingerprint density at radius 3 is 2.71 bits per heavy atom. The predicted molar refractivity (Wildman–Crippen MR) is 95.8 cm³/mol. The normalized spacial score (nSPS) is 14.8. The third kappa shape index (κ3) is 3.51. The molecule has 24 heavy (non-hydrogen) atoms. The maximum atomic E-state index is 12.3. The Balaban J connectivity index is 1.56. The van der Waals surface area contributed by atoms with Gasteiger partial charge in [-0.05, 0) is 29.0 Å². The maximum Gasteiger partial charge on any atom is 0.254 e. The van der Waals surface area contributed by atoms with Crippen molar-refractivity contribution in [2.75, 3.05) is 6.54 Å². The van der Waals surface area contributed by atoms with Crippen LogP contribution < -0.4 is 5.32 Å². The number of carbonyl (C=O) groups is 2. The highest BCUT2D eigenvalue weighted by molar-refractivity contribution is 7.10. The van der Waals surface area contributed by atoms with Gasteiger partial charge in [0.05, 0.1) is 6.04 Å². The van der Waals surface area contributed by atoms with Crippen molar-refractivity contribution in [1.82, 2.24) is 10.2 Å². The van der Waals surface area contributed by atoms with Crippen LogP contribution in [0.1, 0.15) is 47.1 Å². The van der Waals surface area contributed by atoms with Gasteiger partial charge in [-0.2, -0.15) is 0 Å². The Hall–Kier alpha value is -2.14. The van der Waals surface area contributed by atoms with E-state index in [0.29, 0.717) is 25.4 Å². The van der Waals surface area contributed by atoms with Crippen molar-refractivity contribution in [2.24, 2.45) is 5.92 Å². The molecule has 0 spiro atoms. The van der Waals surface area contributed by atoms with Crippen LogP contribution in [0.4, 0.5) is 0 Å². The minimum absolute atomic E-state index is 0.00847. The fraction of sp³-hybridized carbons (Fsp3) is 0.368. The molecule has 0 bridgehead atoms. The molecule has 0 saturated heterocycles. The monoisotopic (exact) mass is 342 g/mol. The van der Waals surface area contributed by atoms with Crippen LogP contribution >= 0.6 is 11.3 Å². The zero-order valence-corrected chi connectivity index (χ0v) is 14.8. The smallest absolute Gasteiger partial charge is 0.254 e. The fourth-order valence-electron chi connectivity index (χ4n) is 3.01. The van der Waals surface area contributed by atoms with Crippen molar-refractivity contribution in [2.45, 2.75) is 32.9 Å². The predicted octanol–water partition coefficient (Wildman–Crippen LogP) is 3.61. The van der Waals surface area contributed by atoms with Gasteiger partial charge < -0.3 is 10.2 Å². The number of carbonyl (C=O) groups excluding carboxylic acids is 2. The van der Waals surface area contributed by atoms with E-state index in [1.165, 1.54) is 4.88 Å². The number of nitrogens with one attached hydrogen (secondary N) is 1. The summed E-state index contributed by atoms with van der Waals surface area (Å²) in [7, 11) is 0. The number of benzene rings is 1. The quantitative estimate of drug-likeness (QED) is 0.872. The minimum Gasteiger partial charge on any atom is -0.348 e. The number of amides is 2. The van der Waals surface area contributed by atoms with Crippen molar-refractivity contribution < 1.29 is 9.59 Å². The van der Waals surface area contributed by atoms with Crippen LogP contribution in [0.3, 0.4) is 0 Å². The van der Waals surface area contributed by atoms with E-state index >= 15 is 0 Å². The molecule has 5 heteroatoms. The van der Waals surface area contributed by atoms with E-state index < -0.39 is 0 Å². The molecule has 2 aromatic rings. The number of rotatable bonds is 6. The third-order valence-corrected chi connectivity index (χ3v) is 5.29. The molecule has 0 aliphatic carbocycles. The number of fused-ring (bicyclic) bond motifs is 1. The molecule has 1 aliphatic heterocycles. The molecule has 0 saturated carbocycles. The highest BCUT2D eigenvalue weighted by Crippen LogP contribution is 2.26. The van der Waals surface area contributed by atoms with E-state index in [2.05, 4.69) is 25.2 Å². The molecular weight excluding hydrogens is 320 g/mol. The molecular formula is C19H22N2O2S. The number of thiophene rings is 1. The van der Waals surface area contributed by atoms with Crippen LogP contribution in [-0.2, 0) is 11.3 Å². The zero-order chi connectivity index (χ0) is 17.1. The fourth-order valence-corrected chi connectivity index (χ4v) is 3.96. The highest BCUT2D eigenvalue weighted by Gasteiger charge is 2.27. The first-order valence-electron chi connectivity index (χ1n) is 8.26. The lowest BCUT2D eigenvalue weighted by molar-refractivity contribution is -0.122. The lowest BCUT2D eigenvalue weighted by Gasteiger charge is -2.22. The largest absolute Gasteiger partial charge is 0.348 e. The Bertz CT molecular complexity index is 725. The Labute approximate surface area is 146 Å². The van der Waals surface area contributed by atoms with Crippen LogP contribution in [0.2, 0.25) is 0 Å². The molecule has 1 aromatic heterocycles. The summed E-state index contributed by atoms with van der Waals surface area (Å²) < 4.78 is 0. The standard InChI is InChI=1S/C19H22N2O2S/c1-13(2)18(16-8-5-11-24-16)20-17(22)9-10-21-12-14-6-3-4-7-15(14)19(21)23/h3-8,11,13,18H,9-10,12H2,1-2H3,(H,20,22)/t18-/m0/s1. The van der Waals surface area contributed by atoms with Gasteiger partial charge in [-0.1, -0.05) is 38.1 Å². The summed E-state index contributed by atoms with van der Waals surface area (Å²) in [4.78, 5) is 27.6. The number of hydrogen-bond acceptors (Lipinski definition) is 3. The van der Waals surface area contributed by atoms with E-state index in [1.54, 1.807) is 16.2 Å². The van der Waals surface area contributed by atoms with E-state index in [1.807, 2.05) is 35.7 Å². The van der Waals surface area contributed by atoms with Crippen LogP contribution in [0.15, 0.2) is 41.8 Å². The zero-order valence-electron chi connectivity index (χ0n) is 14.0. The summed E-state index contributed by atoms with van der Waals surface area (Å²) in [6.07, 6.45) is 0.328. The molecule has 0 fully saturated rings. The van der Waals surface area contributed by atoms with Crippen molar-refractivity contribution in [3.8, 4) is 0 Å². The second-order valence-corrected chi connectivity index (χ2v) is 7.42. The molecule has 0 radical (unpaired) electrons.